The minimum Gasteiger partial charge on any atom is -0.370 e. The molecule has 1 aliphatic heterocycles. The number of nitrogens with one attached hydrogen (secondary N) is 1. The van der Waals surface area contributed by atoms with Crippen molar-refractivity contribution >= 4 is 11.6 Å². The first-order valence-electron chi connectivity index (χ1n) is 10.5. The van der Waals surface area contributed by atoms with Gasteiger partial charge in [0.25, 0.3) is 5.91 Å². The highest BCUT2D eigenvalue weighted by Gasteiger charge is 2.55. The third-order valence-corrected chi connectivity index (χ3v) is 7.41. The molecule has 2 aliphatic carbocycles. The van der Waals surface area contributed by atoms with Crippen LogP contribution < -0.4 is 5.32 Å². The van der Waals surface area contributed by atoms with Gasteiger partial charge in [-0.3, -0.25) is 9.78 Å². The fourth-order valence-electron chi connectivity index (χ4n) is 5.46. The van der Waals surface area contributed by atoms with Gasteiger partial charge in [-0.25, -0.2) is 0 Å². The van der Waals surface area contributed by atoms with E-state index in [1.165, 1.54) is 43.2 Å². The molecule has 0 radical (unpaired) electrons. The van der Waals surface area contributed by atoms with Gasteiger partial charge in [0.1, 0.15) is 0 Å². The number of epoxide rings is 1. The first kappa shape index (κ1) is 17.9. The summed E-state index contributed by atoms with van der Waals surface area (Å²) in [4.78, 5) is 17.1. The maximum absolute atomic E-state index is 12.8. The number of fused-ring (bicyclic) bond motifs is 3. The molecule has 2 heterocycles. The third kappa shape index (κ3) is 2.95. The second-order valence-corrected chi connectivity index (χ2v) is 9.14. The lowest BCUT2D eigenvalue weighted by molar-refractivity contribution is 0.102. The zero-order valence-electron chi connectivity index (χ0n) is 16.8. The Labute approximate surface area is 166 Å². The smallest absolute Gasteiger partial charge is 0.255 e. The lowest BCUT2D eigenvalue weighted by Crippen LogP contribution is -2.41. The Morgan fingerprint density at radius 1 is 1.29 bits per heavy atom. The fraction of sp³-hybridized carbons (Fsp3) is 0.500. The van der Waals surface area contributed by atoms with Crippen molar-refractivity contribution in [2.75, 3.05) is 11.9 Å². The Balaban J connectivity index is 1.43. The first-order valence-corrected chi connectivity index (χ1v) is 10.5. The number of hydrogen-bond acceptors (Lipinski definition) is 3. The molecule has 4 nitrogen and oxygen atoms in total. The molecule has 1 aromatic heterocycles. The number of anilines is 1. The van der Waals surface area contributed by atoms with E-state index in [0.29, 0.717) is 5.92 Å². The van der Waals surface area contributed by atoms with Crippen LogP contribution in [0.3, 0.4) is 0 Å². The number of benzene rings is 1. The van der Waals surface area contributed by atoms with Gasteiger partial charge in [0, 0.05) is 11.8 Å². The van der Waals surface area contributed by atoms with Crippen LogP contribution in [0.4, 0.5) is 5.69 Å². The van der Waals surface area contributed by atoms with Crippen molar-refractivity contribution in [3.63, 3.8) is 0 Å². The van der Waals surface area contributed by atoms with E-state index in [4.69, 9.17) is 4.74 Å². The quantitative estimate of drug-likeness (QED) is 0.766. The molecule has 1 aromatic carbocycles. The van der Waals surface area contributed by atoms with Crippen molar-refractivity contribution in [3.05, 3.63) is 58.9 Å². The minimum absolute atomic E-state index is 0.0566. The predicted octanol–water partition coefficient (Wildman–Crippen LogP) is 4.81. The lowest BCUT2D eigenvalue weighted by atomic mass is 9.60. The molecular weight excluding hydrogens is 348 g/mol. The minimum atomic E-state index is -0.0566. The van der Waals surface area contributed by atoms with E-state index >= 15 is 0 Å². The average molecular weight is 377 g/mol. The normalized spacial score (nSPS) is 30.9. The highest BCUT2D eigenvalue weighted by Crippen LogP contribution is 2.55. The Hall–Kier alpha value is -2.20. The lowest BCUT2D eigenvalue weighted by Gasteiger charge is -2.44. The molecule has 1 amide bonds. The zero-order chi connectivity index (χ0) is 19.4. The SMILES string of the molecule is Cc1ncccc1NC(=O)c1ccc2c(c1)CCC[C@H]1C[C@]3(CC[C@@]21C)CO3. The van der Waals surface area contributed by atoms with Crippen molar-refractivity contribution in [3.8, 4) is 0 Å². The molecule has 2 aromatic rings. The van der Waals surface area contributed by atoms with Crippen molar-refractivity contribution < 1.29 is 9.53 Å². The second kappa shape index (κ2) is 6.41. The van der Waals surface area contributed by atoms with Gasteiger partial charge in [-0.05, 0) is 92.2 Å². The third-order valence-electron chi connectivity index (χ3n) is 7.41. The molecule has 1 saturated heterocycles. The molecule has 28 heavy (non-hydrogen) atoms. The van der Waals surface area contributed by atoms with E-state index in [0.717, 1.165) is 30.0 Å². The molecule has 1 spiro atoms. The van der Waals surface area contributed by atoms with Crippen LogP contribution in [0.15, 0.2) is 36.5 Å². The van der Waals surface area contributed by atoms with Gasteiger partial charge >= 0.3 is 0 Å². The Bertz CT molecular complexity index is 934. The maximum Gasteiger partial charge on any atom is 0.255 e. The summed E-state index contributed by atoms with van der Waals surface area (Å²) < 4.78 is 5.82. The number of pyridine rings is 1. The molecule has 4 heteroatoms. The summed E-state index contributed by atoms with van der Waals surface area (Å²) in [7, 11) is 0. The molecule has 2 fully saturated rings. The molecule has 5 rings (SSSR count). The number of rotatable bonds is 2. The molecule has 3 atom stereocenters. The van der Waals surface area contributed by atoms with Crippen molar-refractivity contribution in [2.24, 2.45) is 5.92 Å². The Morgan fingerprint density at radius 2 is 2.14 bits per heavy atom. The van der Waals surface area contributed by atoms with E-state index in [1.54, 1.807) is 6.20 Å². The van der Waals surface area contributed by atoms with Crippen LogP contribution in [-0.4, -0.2) is 23.1 Å². The number of carbonyl (C=O) groups excluding carboxylic acids is 1. The number of aryl methyl sites for hydroxylation is 2. The summed E-state index contributed by atoms with van der Waals surface area (Å²) in [5.74, 6) is 0.626. The topological polar surface area (TPSA) is 54.5 Å². The highest BCUT2D eigenvalue weighted by molar-refractivity contribution is 6.04. The number of carbonyl (C=O) groups is 1. The van der Waals surface area contributed by atoms with E-state index < -0.39 is 0 Å². The summed E-state index contributed by atoms with van der Waals surface area (Å²) in [6, 6.07) is 10.1. The van der Waals surface area contributed by atoms with E-state index in [2.05, 4.69) is 29.4 Å². The summed E-state index contributed by atoms with van der Waals surface area (Å²) in [6.07, 6.45) is 8.80. The average Bonchev–Trinajstić information content (AvgIpc) is 3.47. The van der Waals surface area contributed by atoms with E-state index in [1.807, 2.05) is 25.1 Å². The van der Waals surface area contributed by atoms with Gasteiger partial charge in [-0.1, -0.05) is 13.0 Å². The molecule has 0 unspecified atom stereocenters. The van der Waals surface area contributed by atoms with Gasteiger partial charge in [-0.15, -0.1) is 0 Å². The van der Waals surface area contributed by atoms with Crippen LogP contribution in [0.25, 0.3) is 0 Å². The van der Waals surface area contributed by atoms with Gasteiger partial charge in [0.2, 0.25) is 0 Å². The van der Waals surface area contributed by atoms with Crippen LogP contribution in [0, 0.1) is 12.8 Å². The van der Waals surface area contributed by atoms with Crippen LogP contribution in [0.5, 0.6) is 0 Å². The largest absolute Gasteiger partial charge is 0.370 e. The van der Waals surface area contributed by atoms with Gasteiger partial charge in [0.15, 0.2) is 0 Å². The number of amides is 1. The van der Waals surface area contributed by atoms with Crippen LogP contribution in [-0.2, 0) is 16.6 Å². The highest BCUT2D eigenvalue weighted by atomic mass is 16.6. The fourth-order valence-corrected chi connectivity index (χ4v) is 5.46. The van der Waals surface area contributed by atoms with Crippen molar-refractivity contribution in [2.45, 2.75) is 63.4 Å². The molecule has 146 valence electrons. The molecule has 1 saturated carbocycles. The predicted molar refractivity (Wildman–Crippen MR) is 110 cm³/mol. The van der Waals surface area contributed by atoms with Crippen molar-refractivity contribution in [1.29, 1.82) is 0 Å². The molecule has 0 bridgehead atoms. The van der Waals surface area contributed by atoms with Crippen molar-refractivity contribution in [1.82, 2.24) is 4.98 Å². The second-order valence-electron chi connectivity index (χ2n) is 9.14. The number of nitrogens with zero attached hydrogens (tertiary/aromatic N) is 1. The first-order chi connectivity index (χ1) is 13.5. The van der Waals surface area contributed by atoms with E-state index in [9.17, 15) is 4.79 Å². The van der Waals surface area contributed by atoms with E-state index in [-0.39, 0.29) is 16.9 Å². The summed E-state index contributed by atoms with van der Waals surface area (Å²) in [5, 5.41) is 3.02. The summed E-state index contributed by atoms with van der Waals surface area (Å²) >= 11 is 0. The van der Waals surface area contributed by atoms with Gasteiger partial charge < -0.3 is 10.1 Å². The molecule has 3 aliphatic rings. The number of hydrogen-bond donors (Lipinski definition) is 1. The van der Waals surface area contributed by atoms with Crippen LogP contribution >= 0.6 is 0 Å². The monoisotopic (exact) mass is 376 g/mol. The molecule has 1 N–H and O–H groups in total. The van der Waals surface area contributed by atoms with Crippen LogP contribution in [0.2, 0.25) is 0 Å². The Kier molecular flexibility index (Phi) is 4.09. The van der Waals surface area contributed by atoms with Gasteiger partial charge in [-0.2, -0.15) is 0 Å². The maximum atomic E-state index is 12.8. The molecular formula is C24H28N2O2. The number of ether oxygens (including phenoxy) is 1. The zero-order valence-corrected chi connectivity index (χ0v) is 16.8. The number of aromatic nitrogens is 1. The van der Waals surface area contributed by atoms with Crippen LogP contribution in [0.1, 0.15) is 66.2 Å². The standard InChI is InChI=1S/C24H28N2O2/c1-16-21(7-4-12-25-16)26-22(27)18-8-9-20-17(13-18)5-3-6-19-14-24(15-28-24)11-10-23(19,20)2/h4,7-9,12-13,19H,3,5-6,10-11,14-15H2,1-2H3,(H,26,27)/t19-,23+,24+/m0/s1. The summed E-state index contributed by atoms with van der Waals surface area (Å²) in [5.41, 5.74) is 5.57. The Morgan fingerprint density at radius 3 is 2.93 bits per heavy atom. The van der Waals surface area contributed by atoms with Gasteiger partial charge in [0.05, 0.1) is 23.6 Å². The summed E-state index contributed by atoms with van der Waals surface area (Å²) in [6.45, 7) is 5.31.